The van der Waals surface area contributed by atoms with Crippen LogP contribution in [-0.2, 0) is 9.53 Å². The Balaban J connectivity index is 2.40. The number of esters is 1. The predicted molar refractivity (Wildman–Crippen MR) is 69.0 cm³/mol. The van der Waals surface area contributed by atoms with Crippen molar-refractivity contribution in [2.75, 3.05) is 6.61 Å². The Morgan fingerprint density at radius 3 is 2.15 bits per heavy atom. The highest BCUT2D eigenvalue weighted by molar-refractivity contribution is 6.22. The lowest BCUT2D eigenvalue weighted by Gasteiger charge is -2.26. The van der Waals surface area contributed by atoms with Crippen molar-refractivity contribution in [3.05, 3.63) is 35.4 Å². The fraction of sp³-hybridized carbons (Fsp3) is 0.357. The molecule has 6 heteroatoms. The minimum Gasteiger partial charge on any atom is -0.464 e. The molecular weight excluding hydrogens is 262 g/mol. The molecule has 1 aliphatic rings. The van der Waals surface area contributed by atoms with Crippen molar-refractivity contribution in [1.29, 1.82) is 0 Å². The van der Waals surface area contributed by atoms with E-state index in [4.69, 9.17) is 4.74 Å². The van der Waals surface area contributed by atoms with E-state index < -0.39 is 29.9 Å². The number of carbonyl (C=O) groups is 3. The fourth-order valence-electron chi connectivity index (χ4n) is 2.21. The number of imide groups is 1. The van der Waals surface area contributed by atoms with E-state index in [0.717, 1.165) is 4.90 Å². The first kappa shape index (κ1) is 14.2. The summed E-state index contributed by atoms with van der Waals surface area (Å²) < 4.78 is 4.83. The molecule has 1 aromatic rings. The van der Waals surface area contributed by atoms with Gasteiger partial charge < -0.3 is 9.84 Å². The van der Waals surface area contributed by atoms with Gasteiger partial charge in [-0.25, -0.2) is 4.79 Å². The summed E-state index contributed by atoms with van der Waals surface area (Å²) in [5, 5.41) is 9.74. The number of aliphatic hydroxyl groups is 1. The lowest BCUT2D eigenvalue weighted by atomic mass is 10.1. The minimum absolute atomic E-state index is 0.102. The summed E-state index contributed by atoms with van der Waals surface area (Å²) in [6, 6.07) is 4.96. The number of hydrogen-bond donors (Lipinski definition) is 1. The van der Waals surface area contributed by atoms with Gasteiger partial charge in [0.05, 0.1) is 23.8 Å². The third kappa shape index (κ3) is 2.18. The zero-order valence-corrected chi connectivity index (χ0v) is 11.2. The Kier molecular flexibility index (Phi) is 3.85. The number of ether oxygens (including phenoxy) is 1. The molecule has 0 bridgehead atoms. The lowest BCUT2D eigenvalue weighted by molar-refractivity contribution is -0.151. The normalized spacial score (nSPS) is 16.9. The molecule has 0 saturated heterocycles. The summed E-state index contributed by atoms with van der Waals surface area (Å²) in [6.45, 7) is 3.05. The number of amides is 2. The highest BCUT2D eigenvalue weighted by Gasteiger charge is 2.45. The molecular formula is C14H15NO5. The van der Waals surface area contributed by atoms with E-state index in [2.05, 4.69) is 0 Å². The number of carbonyl (C=O) groups excluding carboxylic acids is 3. The average Bonchev–Trinajstić information content (AvgIpc) is 2.65. The number of aliphatic hydroxyl groups excluding tert-OH is 1. The number of rotatable bonds is 4. The van der Waals surface area contributed by atoms with Gasteiger partial charge in [0.15, 0.2) is 6.04 Å². The second kappa shape index (κ2) is 5.42. The molecule has 106 valence electrons. The monoisotopic (exact) mass is 277 g/mol. The zero-order valence-electron chi connectivity index (χ0n) is 11.2. The molecule has 20 heavy (non-hydrogen) atoms. The lowest BCUT2D eigenvalue weighted by Crippen LogP contribution is -2.51. The van der Waals surface area contributed by atoms with Gasteiger partial charge in [-0.2, -0.15) is 0 Å². The van der Waals surface area contributed by atoms with Crippen LogP contribution < -0.4 is 0 Å². The summed E-state index contributed by atoms with van der Waals surface area (Å²) in [5.41, 5.74) is 0.458. The predicted octanol–water partition coefficient (Wildman–Crippen LogP) is 0.595. The van der Waals surface area contributed by atoms with Gasteiger partial charge in [0.2, 0.25) is 0 Å². The van der Waals surface area contributed by atoms with Crippen molar-refractivity contribution in [3.63, 3.8) is 0 Å². The van der Waals surface area contributed by atoms with Crippen LogP contribution in [0.25, 0.3) is 0 Å². The van der Waals surface area contributed by atoms with Gasteiger partial charge in [0.1, 0.15) is 0 Å². The number of hydrogen-bond acceptors (Lipinski definition) is 5. The second-order valence-corrected chi connectivity index (χ2v) is 4.46. The van der Waals surface area contributed by atoms with Crippen molar-refractivity contribution in [3.8, 4) is 0 Å². The third-order valence-corrected chi connectivity index (χ3v) is 3.09. The minimum atomic E-state index is -1.33. The summed E-state index contributed by atoms with van der Waals surface area (Å²) >= 11 is 0. The van der Waals surface area contributed by atoms with Gasteiger partial charge in [-0.1, -0.05) is 12.1 Å². The second-order valence-electron chi connectivity index (χ2n) is 4.46. The van der Waals surface area contributed by atoms with E-state index in [-0.39, 0.29) is 17.7 Å². The van der Waals surface area contributed by atoms with Crippen LogP contribution in [0.15, 0.2) is 24.3 Å². The summed E-state index contributed by atoms with van der Waals surface area (Å²) in [4.78, 5) is 37.2. The van der Waals surface area contributed by atoms with Gasteiger partial charge in [-0.15, -0.1) is 0 Å². The molecule has 1 aliphatic heterocycles. The molecule has 0 aromatic heterocycles. The molecule has 0 fully saturated rings. The van der Waals surface area contributed by atoms with E-state index in [1.54, 1.807) is 19.1 Å². The summed E-state index contributed by atoms with van der Waals surface area (Å²) in [6.07, 6.45) is -1.21. The SMILES string of the molecule is CCOC(=O)[C@H]([C@@H](C)O)N1C(=O)c2ccccc2C1=O. The summed E-state index contributed by atoms with van der Waals surface area (Å²) in [7, 11) is 0. The molecule has 0 aliphatic carbocycles. The highest BCUT2D eigenvalue weighted by Crippen LogP contribution is 2.26. The van der Waals surface area contributed by atoms with Crippen molar-refractivity contribution in [2.24, 2.45) is 0 Å². The molecule has 0 spiro atoms. The van der Waals surface area contributed by atoms with Crippen molar-refractivity contribution in [2.45, 2.75) is 26.0 Å². The topological polar surface area (TPSA) is 83.9 Å². The van der Waals surface area contributed by atoms with Gasteiger partial charge in [-0.05, 0) is 26.0 Å². The smallest absolute Gasteiger partial charge is 0.332 e. The van der Waals surface area contributed by atoms with Gasteiger partial charge in [0.25, 0.3) is 11.8 Å². The average molecular weight is 277 g/mol. The first-order chi connectivity index (χ1) is 9.49. The fourth-order valence-corrected chi connectivity index (χ4v) is 2.21. The van der Waals surface area contributed by atoms with Crippen molar-refractivity contribution < 1.29 is 24.2 Å². The van der Waals surface area contributed by atoms with E-state index in [0.29, 0.717) is 0 Å². The molecule has 0 radical (unpaired) electrons. The Labute approximate surface area is 115 Å². The Hall–Kier alpha value is -2.21. The molecule has 6 nitrogen and oxygen atoms in total. The maximum atomic E-state index is 12.2. The third-order valence-electron chi connectivity index (χ3n) is 3.09. The van der Waals surface area contributed by atoms with Gasteiger partial charge in [-0.3, -0.25) is 14.5 Å². The van der Waals surface area contributed by atoms with E-state index in [1.807, 2.05) is 0 Å². The van der Waals surface area contributed by atoms with Crippen LogP contribution >= 0.6 is 0 Å². The Morgan fingerprint density at radius 1 is 1.25 bits per heavy atom. The number of benzene rings is 1. The maximum Gasteiger partial charge on any atom is 0.332 e. The van der Waals surface area contributed by atoms with Gasteiger partial charge >= 0.3 is 5.97 Å². The zero-order chi connectivity index (χ0) is 14.9. The molecule has 0 saturated carbocycles. The van der Waals surface area contributed by atoms with Crippen LogP contribution in [0.5, 0.6) is 0 Å². The first-order valence-electron chi connectivity index (χ1n) is 6.30. The van der Waals surface area contributed by atoms with Crippen LogP contribution in [0.4, 0.5) is 0 Å². The number of fused-ring (bicyclic) bond motifs is 1. The quantitative estimate of drug-likeness (QED) is 0.643. The number of nitrogens with zero attached hydrogens (tertiary/aromatic N) is 1. The first-order valence-corrected chi connectivity index (χ1v) is 6.30. The molecule has 2 rings (SSSR count). The maximum absolute atomic E-state index is 12.2. The molecule has 2 amide bonds. The van der Waals surface area contributed by atoms with Crippen LogP contribution in [0.1, 0.15) is 34.6 Å². The van der Waals surface area contributed by atoms with Crippen LogP contribution in [0, 0.1) is 0 Å². The standard InChI is InChI=1S/C14H15NO5/c1-3-20-14(19)11(8(2)16)15-12(17)9-6-4-5-7-10(9)13(15)18/h4-8,11,16H,3H2,1-2H3/t8-,11+/m1/s1. The molecule has 1 N–H and O–H groups in total. The van der Waals surface area contributed by atoms with E-state index >= 15 is 0 Å². The van der Waals surface area contributed by atoms with Crippen LogP contribution in [-0.4, -0.2) is 46.5 Å². The Bertz CT molecular complexity index is 531. The van der Waals surface area contributed by atoms with E-state index in [9.17, 15) is 19.5 Å². The molecule has 1 heterocycles. The molecule has 0 unspecified atom stereocenters. The largest absolute Gasteiger partial charge is 0.464 e. The van der Waals surface area contributed by atoms with Gasteiger partial charge in [0, 0.05) is 0 Å². The van der Waals surface area contributed by atoms with E-state index in [1.165, 1.54) is 19.1 Å². The summed E-state index contributed by atoms with van der Waals surface area (Å²) in [5.74, 6) is -1.98. The van der Waals surface area contributed by atoms with Crippen molar-refractivity contribution in [1.82, 2.24) is 4.90 Å². The highest BCUT2D eigenvalue weighted by atomic mass is 16.5. The Morgan fingerprint density at radius 2 is 1.75 bits per heavy atom. The van der Waals surface area contributed by atoms with Crippen molar-refractivity contribution >= 4 is 17.8 Å². The van der Waals surface area contributed by atoms with Crippen LogP contribution in [0.2, 0.25) is 0 Å². The van der Waals surface area contributed by atoms with Crippen LogP contribution in [0.3, 0.4) is 0 Å². The molecule has 1 aromatic carbocycles. The molecule has 2 atom stereocenters.